The van der Waals surface area contributed by atoms with Gasteiger partial charge in [0.1, 0.15) is 6.54 Å². The normalized spacial score (nSPS) is 11.1. The van der Waals surface area contributed by atoms with Crippen LogP contribution in [0, 0.1) is 6.92 Å². The zero-order valence-electron chi connectivity index (χ0n) is 11.2. The summed E-state index contributed by atoms with van der Waals surface area (Å²) in [7, 11) is 1.51. The van der Waals surface area contributed by atoms with E-state index in [1.54, 1.807) is 13.8 Å². The lowest BCUT2D eigenvalue weighted by Gasteiger charge is -2.29. The number of hydrogen-bond acceptors (Lipinski definition) is 2. The van der Waals surface area contributed by atoms with E-state index in [1.807, 2.05) is 31.2 Å². The van der Waals surface area contributed by atoms with E-state index >= 15 is 0 Å². The summed E-state index contributed by atoms with van der Waals surface area (Å²) in [5.41, 5.74) is 1.29. The third kappa shape index (κ3) is 3.09. The molecule has 0 aromatic heterocycles. The Morgan fingerprint density at radius 3 is 2.17 bits per heavy atom. The molecule has 0 aliphatic rings. The predicted molar refractivity (Wildman–Crippen MR) is 69.5 cm³/mol. The lowest BCUT2D eigenvalue weighted by molar-refractivity contribution is -0.145. The molecule has 0 radical (unpaired) electrons. The highest BCUT2D eigenvalue weighted by Crippen LogP contribution is 2.25. The Hall–Kier alpha value is -1.84. The number of nitrogens with zero attached hydrogens (tertiary/aromatic N) is 1. The lowest BCUT2D eigenvalue weighted by atomic mass is 9.83. The molecule has 0 spiro atoms. The van der Waals surface area contributed by atoms with Crippen LogP contribution in [0.3, 0.4) is 0 Å². The van der Waals surface area contributed by atoms with Gasteiger partial charge >= 0.3 is 5.97 Å². The first-order chi connectivity index (χ1) is 8.25. The topological polar surface area (TPSA) is 57.6 Å². The summed E-state index contributed by atoms with van der Waals surface area (Å²) in [5.74, 6) is -1.21. The molecule has 1 aromatic carbocycles. The van der Waals surface area contributed by atoms with Crippen LogP contribution >= 0.6 is 0 Å². The van der Waals surface area contributed by atoms with Crippen LogP contribution in [0.5, 0.6) is 0 Å². The van der Waals surface area contributed by atoms with Crippen molar-refractivity contribution in [1.29, 1.82) is 0 Å². The van der Waals surface area contributed by atoms with Gasteiger partial charge in [0.25, 0.3) is 0 Å². The van der Waals surface area contributed by atoms with Crippen molar-refractivity contribution in [2.45, 2.75) is 26.2 Å². The second kappa shape index (κ2) is 5.21. The van der Waals surface area contributed by atoms with Gasteiger partial charge in [-0.15, -0.1) is 0 Å². The van der Waals surface area contributed by atoms with Crippen LogP contribution < -0.4 is 0 Å². The largest absolute Gasteiger partial charge is 0.480 e. The third-order valence-electron chi connectivity index (χ3n) is 3.03. The zero-order valence-corrected chi connectivity index (χ0v) is 11.2. The number of benzene rings is 1. The molecule has 4 nitrogen and oxygen atoms in total. The number of hydrogen-bond donors (Lipinski definition) is 1. The van der Waals surface area contributed by atoms with E-state index in [-0.39, 0.29) is 12.5 Å². The van der Waals surface area contributed by atoms with E-state index in [9.17, 15) is 9.59 Å². The van der Waals surface area contributed by atoms with Crippen molar-refractivity contribution in [1.82, 2.24) is 4.90 Å². The SMILES string of the molecule is Cc1ccc(C(C)(C)C(=O)N(C)CC(=O)O)cc1. The average molecular weight is 249 g/mol. The maximum absolute atomic E-state index is 12.2. The average Bonchev–Trinajstić information content (AvgIpc) is 2.27. The fraction of sp³-hybridized carbons (Fsp3) is 0.429. The number of carbonyl (C=O) groups is 2. The van der Waals surface area contributed by atoms with Gasteiger partial charge in [-0.05, 0) is 26.3 Å². The number of likely N-dealkylation sites (N-methyl/N-ethyl adjacent to an activating group) is 1. The smallest absolute Gasteiger partial charge is 0.323 e. The Kier molecular flexibility index (Phi) is 4.11. The van der Waals surface area contributed by atoms with Gasteiger partial charge in [0.05, 0.1) is 5.41 Å². The summed E-state index contributed by atoms with van der Waals surface area (Å²) in [6, 6.07) is 7.70. The van der Waals surface area contributed by atoms with Crippen molar-refractivity contribution in [2.24, 2.45) is 0 Å². The van der Waals surface area contributed by atoms with Gasteiger partial charge in [-0.2, -0.15) is 0 Å². The minimum absolute atomic E-state index is 0.200. The number of aliphatic carboxylic acids is 1. The molecule has 0 saturated heterocycles. The zero-order chi connectivity index (χ0) is 13.9. The molecule has 0 fully saturated rings. The molecule has 0 saturated carbocycles. The highest BCUT2D eigenvalue weighted by Gasteiger charge is 2.32. The molecule has 1 amide bonds. The van der Waals surface area contributed by atoms with E-state index in [0.29, 0.717) is 0 Å². The first kappa shape index (κ1) is 14.2. The standard InChI is InChI=1S/C14H19NO3/c1-10-5-7-11(8-6-10)14(2,3)13(18)15(4)9-12(16)17/h5-8H,9H2,1-4H3,(H,16,17). The molecular formula is C14H19NO3. The number of rotatable bonds is 4. The number of carboxylic acids is 1. The highest BCUT2D eigenvalue weighted by molar-refractivity contribution is 5.89. The monoisotopic (exact) mass is 249 g/mol. The lowest BCUT2D eigenvalue weighted by Crippen LogP contribution is -2.43. The maximum Gasteiger partial charge on any atom is 0.323 e. The molecule has 0 aliphatic carbocycles. The van der Waals surface area contributed by atoms with Gasteiger partial charge in [0, 0.05) is 7.05 Å². The van der Waals surface area contributed by atoms with E-state index in [0.717, 1.165) is 11.1 Å². The summed E-state index contributed by atoms with van der Waals surface area (Å²) in [6.07, 6.45) is 0. The van der Waals surface area contributed by atoms with Crippen LogP contribution in [0.25, 0.3) is 0 Å². The summed E-state index contributed by atoms with van der Waals surface area (Å²) in [6.45, 7) is 5.31. The number of aryl methyl sites for hydroxylation is 1. The van der Waals surface area contributed by atoms with Gasteiger partial charge in [0.2, 0.25) is 5.91 Å². The fourth-order valence-electron chi connectivity index (χ4n) is 1.85. The quantitative estimate of drug-likeness (QED) is 0.885. The highest BCUT2D eigenvalue weighted by atomic mass is 16.4. The van der Waals surface area contributed by atoms with E-state index < -0.39 is 11.4 Å². The van der Waals surface area contributed by atoms with Crippen molar-refractivity contribution in [2.75, 3.05) is 13.6 Å². The molecule has 0 aliphatic heterocycles. The molecule has 1 rings (SSSR count). The second-order valence-corrected chi connectivity index (χ2v) is 5.05. The molecule has 0 unspecified atom stereocenters. The molecule has 1 aromatic rings. The molecule has 0 heterocycles. The summed E-state index contributed by atoms with van der Waals surface area (Å²) >= 11 is 0. The molecular weight excluding hydrogens is 230 g/mol. The first-order valence-corrected chi connectivity index (χ1v) is 5.79. The van der Waals surface area contributed by atoms with Crippen molar-refractivity contribution < 1.29 is 14.7 Å². The van der Waals surface area contributed by atoms with Gasteiger partial charge in [-0.1, -0.05) is 29.8 Å². The minimum atomic E-state index is -1.01. The van der Waals surface area contributed by atoms with Crippen LogP contribution in [-0.2, 0) is 15.0 Å². The predicted octanol–water partition coefficient (Wildman–Crippen LogP) is 1.82. The van der Waals surface area contributed by atoms with Crippen molar-refractivity contribution in [3.63, 3.8) is 0 Å². The molecule has 1 N–H and O–H groups in total. The third-order valence-corrected chi connectivity index (χ3v) is 3.03. The Labute approximate surface area is 107 Å². The van der Waals surface area contributed by atoms with Gasteiger partial charge in [-0.3, -0.25) is 9.59 Å². The fourth-order valence-corrected chi connectivity index (χ4v) is 1.85. The minimum Gasteiger partial charge on any atom is -0.480 e. The molecule has 0 bridgehead atoms. The Morgan fingerprint density at radius 1 is 1.22 bits per heavy atom. The van der Waals surface area contributed by atoms with Gasteiger partial charge in [0.15, 0.2) is 0 Å². The van der Waals surface area contributed by atoms with Gasteiger partial charge < -0.3 is 10.0 Å². The summed E-state index contributed by atoms with van der Waals surface area (Å²) < 4.78 is 0. The van der Waals surface area contributed by atoms with E-state index in [1.165, 1.54) is 11.9 Å². The number of carboxylic acid groups (broad SMARTS) is 1. The summed E-state index contributed by atoms with van der Waals surface area (Å²) in [5, 5.41) is 8.71. The molecule has 98 valence electrons. The van der Waals surface area contributed by atoms with Crippen LogP contribution in [0.4, 0.5) is 0 Å². The summed E-state index contributed by atoms with van der Waals surface area (Å²) in [4.78, 5) is 24.1. The van der Waals surface area contributed by atoms with Crippen molar-refractivity contribution in [3.8, 4) is 0 Å². The van der Waals surface area contributed by atoms with Crippen LogP contribution in [0.15, 0.2) is 24.3 Å². The maximum atomic E-state index is 12.2. The van der Waals surface area contributed by atoms with Crippen LogP contribution in [0.1, 0.15) is 25.0 Å². The Balaban J connectivity index is 2.95. The van der Waals surface area contributed by atoms with E-state index in [2.05, 4.69) is 0 Å². The molecule has 4 heteroatoms. The van der Waals surface area contributed by atoms with Gasteiger partial charge in [-0.25, -0.2) is 0 Å². The molecule has 18 heavy (non-hydrogen) atoms. The number of amides is 1. The number of carbonyl (C=O) groups excluding carboxylic acids is 1. The Morgan fingerprint density at radius 2 is 1.72 bits per heavy atom. The molecule has 0 atom stereocenters. The Bertz CT molecular complexity index is 449. The second-order valence-electron chi connectivity index (χ2n) is 5.05. The van der Waals surface area contributed by atoms with Crippen LogP contribution in [0.2, 0.25) is 0 Å². The van der Waals surface area contributed by atoms with Crippen LogP contribution in [-0.4, -0.2) is 35.5 Å². The van der Waals surface area contributed by atoms with Crippen molar-refractivity contribution >= 4 is 11.9 Å². The van der Waals surface area contributed by atoms with Crippen molar-refractivity contribution in [3.05, 3.63) is 35.4 Å². The first-order valence-electron chi connectivity index (χ1n) is 5.79. The van der Waals surface area contributed by atoms with E-state index in [4.69, 9.17) is 5.11 Å².